The molecule has 0 spiro atoms. The minimum atomic E-state index is -3.55. The third-order valence-electron chi connectivity index (χ3n) is 3.25. The highest BCUT2D eigenvalue weighted by Gasteiger charge is 2.14. The van der Waals surface area contributed by atoms with E-state index in [1.54, 1.807) is 30.3 Å². The molecule has 4 nitrogen and oxygen atoms in total. The Morgan fingerprint density at radius 1 is 1.05 bits per heavy atom. The fraction of sp³-hybridized carbons (Fsp3) is 0.250. The van der Waals surface area contributed by atoms with E-state index in [-0.39, 0.29) is 4.90 Å². The van der Waals surface area contributed by atoms with Gasteiger partial charge >= 0.3 is 0 Å². The molecule has 5 heteroatoms. The maximum Gasteiger partial charge on any atom is 0.261 e. The average Bonchev–Trinajstić information content (AvgIpc) is 2.48. The molecule has 0 aromatic heterocycles. The number of nitrogens with one attached hydrogen (secondary N) is 1. The molecule has 112 valence electrons. The van der Waals surface area contributed by atoms with E-state index in [9.17, 15) is 8.42 Å². The number of rotatable bonds is 6. The van der Waals surface area contributed by atoms with Gasteiger partial charge in [0, 0.05) is 5.69 Å². The Balaban J connectivity index is 2.21. The van der Waals surface area contributed by atoms with Gasteiger partial charge in [0.25, 0.3) is 10.0 Å². The van der Waals surface area contributed by atoms with Crippen molar-refractivity contribution in [3.8, 4) is 0 Å². The molecular weight excluding hydrogens is 284 g/mol. The molecule has 21 heavy (non-hydrogen) atoms. The topological polar surface area (TPSA) is 72.2 Å². The van der Waals surface area contributed by atoms with Crippen molar-refractivity contribution in [2.75, 3.05) is 11.3 Å². The summed E-state index contributed by atoms with van der Waals surface area (Å²) in [6.07, 6.45) is 1.61. The van der Waals surface area contributed by atoms with Gasteiger partial charge in [0.2, 0.25) is 0 Å². The van der Waals surface area contributed by atoms with Crippen LogP contribution in [0.1, 0.15) is 18.1 Å². The molecule has 2 rings (SSSR count). The molecular formula is C16H20N2O2S. The molecule has 0 saturated heterocycles. The minimum Gasteiger partial charge on any atom is -0.330 e. The maximum absolute atomic E-state index is 12.3. The van der Waals surface area contributed by atoms with E-state index in [4.69, 9.17) is 5.73 Å². The molecule has 2 aromatic carbocycles. The Hall–Kier alpha value is -1.85. The van der Waals surface area contributed by atoms with Crippen molar-refractivity contribution in [2.45, 2.75) is 24.7 Å². The molecule has 0 aliphatic carbocycles. The molecule has 0 aliphatic rings. The van der Waals surface area contributed by atoms with Crippen LogP contribution in [0.2, 0.25) is 0 Å². The van der Waals surface area contributed by atoms with Crippen molar-refractivity contribution in [2.24, 2.45) is 5.73 Å². The van der Waals surface area contributed by atoms with Gasteiger partial charge in [0.1, 0.15) is 0 Å². The molecule has 0 bridgehead atoms. The van der Waals surface area contributed by atoms with Gasteiger partial charge in [-0.1, -0.05) is 31.2 Å². The van der Waals surface area contributed by atoms with Crippen molar-refractivity contribution in [3.63, 3.8) is 0 Å². The summed E-state index contributed by atoms with van der Waals surface area (Å²) in [6, 6.07) is 14.2. The largest absolute Gasteiger partial charge is 0.330 e. The molecule has 0 atom stereocenters. The number of nitrogens with two attached hydrogens (primary N) is 1. The first-order chi connectivity index (χ1) is 10.0. The second-order valence-electron chi connectivity index (χ2n) is 4.84. The molecule has 3 N–H and O–H groups in total. The normalized spacial score (nSPS) is 11.3. The first-order valence-electron chi connectivity index (χ1n) is 6.96. The average molecular weight is 304 g/mol. The molecule has 0 aliphatic heterocycles. The van der Waals surface area contributed by atoms with Crippen LogP contribution in [0.15, 0.2) is 53.4 Å². The van der Waals surface area contributed by atoms with E-state index in [2.05, 4.69) is 4.72 Å². The lowest BCUT2D eigenvalue weighted by Gasteiger charge is -2.09. The van der Waals surface area contributed by atoms with Crippen molar-refractivity contribution in [1.82, 2.24) is 0 Å². The third-order valence-corrected chi connectivity index (χ3v) is 4.65. The van der Waals surface area contributed by atoms with Gasteiger partial charge in [-0.3, -0.25) is 4.72 Å². The van der Waals surface area contributed by atoms with E-state index in [0.29, 0.717) is 12.2 Å². The molecule has 0 heterocycles. The number of sulfonamides is 1. The van der Waals surface area contributed by atoms with Crippen LogP contribution in [0.3, 0.4) is 0 Å². The summed E-state index contributed by atoms with van der Waals surface area (Å²) in [5.74, 6) is 0. The van der Waals surface area contributed by atoms with Gasteiger partial charge in [-0.05, 0) is 54.8 Å². The lowest BCUT2D eigenvalue weighted by molar-refractivity contribution is 0.601. The van der Waals surface area contributed by atoms with Gasteiger partial charge in [0.05, 0.1) is 4.90 Å². The van der Waals surface area contributed by atoms with E-state index in [1.807, 2.05) is 25.1 Å². The van der Waals surface area contributed by atoms with Crippen LogP contribution in [-0.4, -0.2) is 15.0 Å². The van der Waals surface area contributed by atoms with Crippen LogP contribution in [-0.2, 0) is 22.9 Å². The molecule has 0 fully saturated rings. The van der Waals surface area contributed by atoms with Gasteiger partial charge in [0.15, 0.2) is 0 Å². The lowest BCUT2D eigenvalue weighted by Crippen LogP contribution is -2.13. The van der Waals surface area contributed by atoms with Crippen LogP contribution in [0, 0.1) is 0 Å². The number of hydrogen-bond acceptors (Lipinski definition) is 3. The van der Waals surface area contributed by atoms with E-state index in [1.165, 1.54) is 0 Å². The SMILES string of the molecule is CCc1cccc(NS(=O)(=O)c2ccc(CCN)cc2)c1. The Morgan fingerprint density at radius 2 is 1.76 bits per heavy atom. The highest BCUT2D eigenvalue weighted by molar-refractivity contribution is 7.92. The Labute approximate surface area is 126 Å². The predicted octanol–water partition coefficient (Wildman–Crippen LogP) is 2.55. The Kier molecular flexibility index (Phi) is 4.98. The molecule has 0 unspecified atom stereocenters. The van der Waals surface area contributed by atoms with Crippen LogP contribution in [0.25, 0.3) is 0 Å². The molecule has 0 amide bonds. The standard InChI is InChI=1S/C16H20N2O2S/c1-2-13-4-3-5-15(12-13)18-21(19,20)16-8-6-14(7-9-16)10-11-17/h3-9,12,18H,2,10-11,17H2,1H3. The predicted molar refractivity (Wildman–Crippen MR) is 85.8 cm³/mol. The van der Waals surface area contributed by atoms with Crippen molar-refractivity contribution in [1.29, 1.82) is 0 Å². The Morgan fingerprint density at radius 3 is 2.38 bits per heavy atom. The van der Waals surface area contributed by atoms with Gasteiger partial charge in [-0.25, -0.2) is 8.42 Å². The van der Waals surface area contributed by atoms with Crippen LogP contribution in [0.4, 0.5) is 5.69 Å². The summed E-state index contributed by atoms with van der Waals surface area (Å²) < 4.78 is 27.3. The van der Waals surface area contributed by atoms with Crippen molar-refractivity contribution in [3.05, 3.63) is 59.7 Å². The summed E-state index contributed by atoms with van der Waals surface area (Å²) in [5.41, 5.74) is 8.19. The van der Waals surface area contributed by atoms with Gasteiger partial charge < -0.3 is 5.73 Å². The zero-order chi connectivity index (χ0) is 15.3. The zero-order valence-corrected chi connectivity index (χ0v) is 12.9. The summed E-state index contributed by atoms with van der Waals surface area (Å²) in [7, 11) is -3.55. The molecule has 2 aromatic rings. The smallest absolute Gasteiger partial charge is 0.261 e. The second kappa shape index (κ2) is 6.74. The minimum absolute atomic E-state index is 0.255. The molecule has 0 radical (unpaired) electrons. The fourth-order valence-electron chi connectivity index (χ4n) is 2.07. The summed E-state index contributed by atoms with van der Waals surface area (Å²) >= 11 is 0. The lowest BCUT2D eigenvalue weighted by atomic mass is 10.1. The van der Waals surface area contributed by atoms with Crippen LogP contribution >= 0.6 is 0 Å². The summed E-state index contributed by atoms with van der Waals surface area (Å²) in [6.45, 7) is 2.58. The van der Waals surface area contributed by atoms with Gasteiger partial charge in [-0.2, -0.15) is 0 Å². The highest BCUT2D eigenvalue weighted by atomic mass is 32.2. The zero-order valence-electron chi connectivity index (χ0n) is 12.0. The van der Waals surface area contributed by atoms with Crippen LogP contribution < -0.4 is 10.5 Å². The van der Waals surface area contributed by atoms with Crippen molar-refractivity contribution >= 4 is 15.7 Å². The molecule has 0 saturated carbocycles. The summed E-state index contributed by atoms with van der Waals surface area (Å²) in [4.78, 5) is 0.255. The van der Waals surface area contributed by atoms with Crippen LogP contribution in [0.5, 0.6) is 0 Å². The maximum atomic E-state index is 12.3. The fourth-order valence-corrected chi connectivity index (χ4v) is 3.12. The van der Waals surface area contributed by atoms with Gasteiger partial charge in [-0.15, -0.1) is 0 Å². The number of aryl methyl sites for hydroxylation is 1. The van der Waals surface area contributed by atoms with E-state index in [0.717, 1.165) is 24.0 Å². The Bertz CT molecular complexity index is 694. The highest BCUT2D eigenvalue weighted by Crippen LogP contribution is 2.18. The first kappa shape index (κ1) is 15.5. The monoisotopic (exact) mass is 304 g/mol. The second-order valence-corrected chi connectivity index (χ2v) is 6.52. The summed E-state index contributed by atoms with van der Waals surface area (Å²) in [5, 5.41) is 0. The first-order valence-corrected chi connectivity index (χ1v) is 8.44. The third kappa shape index (κ3) is 4.06. The number of anilines is 1. The number of benzene rings is 2. The van der Waals surface area contributed by atoms with E-state index >= 15 is 0 Å². The quantitative estimate of drug-likeness (QED) is 0.861. The van der Waals surface area contributed by atoms with Crippen molar-refractivity contribution < 1.29 is 8.42 Å². The number of hydrogen-bond donors (Lipinski definition) is 2. The van der Waals surface area contributed by atoms with E-state index < -0.39 is 10.0 Å².